The monoisotopic (exact) mass is 397 g/mol. The molecular formula is C17H20ClN3O4S. The van der Waals surface area contributed by atoms with E-state index in [0.717, 1.165) is 0 Å². The maximum Gasteiger partial charge on any atom is 0.311 e. The van der Waals surface area contributed by atoms with Crippen LogP contribution in [0.4, 0.5) is 5.13 Å². The highest BCUT2D eigenvalue weighted by molar-refractivity contribution is 7.13. The van der Waals surface area contributed by atoms with Crippen molar-refractivity contribution in [1.82, 2.24) is 4.98 Å². The largest absolute Gasteiger partial charge is 0.493 e. The van der Waals surface area contributed by atoms with Gasteiger partial charge in [0.2, 0.25) is 5.13 Å². The van der Waals surface area contributed by atoms with Crippen LogP contribution in [-0.4, -0.2) is 37.5 Å². The number of halogens is 1. The number of nitrogens with one attached hydrogen (secondary N) is 1. The fourth-order valence-electron chi connectivity index (χ4n) is 2.03. The number of thiazole rings is 1. The van der Waals surface area contributed by atoms with Crippen LogP contribution in [0.5, 0.6) is 11.5 Å². The van der Waals surface area contributed by atoms with Crippen molar-refractivity contribution < 1.29 is 19.0 Å². The molecule has 26 heavy (non-hydrogen) atoms. The van der Waals surface area contributed by atoms with E-state index in [4.69, 9.17) is 25.8 Å². The lowest BCUT2D eigenvalue weighted by Gasteiger charge is -2.11. The second kappa shape index (κ2) is 9.98. The van der Waals surface area contributed by atoms with Gasteiger partial charge in [-0.3, -0.25) is 10.2 Å². The van der Waals surface area contributed by atoms with E-state index in [1.165, 1.54) is 11.3 Å². The molecule has 0 unspecified atom stereocenters. The Hall–Kier alpha value is -2.32. The minimum absolute atomic E-state index is 0.137. The van der Waals surface area contributed by atoms with Crippen molar-refractivity contribution in [2.45, 2.75) is 20.3 Å². The van der Waals surface area contributed by atoms with Gasteiger partial charge in [-0.15, -0.1) is 11.3 Å². The molecule has 0 aliphatic heterocycles. The van der Waals surface area contributed by atoms with Crippen LogP contribution in [0.25, 0.3) is 0 Å². The number of hydrazone groups is 1. The van der Waals surface area contributed by atoms with Gasteiger partial charge in [0.1, 0.15) is 0 Å². The highest BCUT2D eigenvalue weighted by atomic mass is 35.5. The van der Waals surface area contributed by atoms with Gasteiger partial charge in [-0.1, -0.05) is 11.6 Å². The lowest BCUT2D eigenvalue weighted by molar-refractivity contribution is -0.142. The summed E-state index contributed by atoms with van der Waals surface area (Å²) in [7, 11) is 1.56. The van der Waals surface area contributed by atoms with E-state index in [0.29, 0.717) is 46.1 Å². The molecule has 9 heteroatoms. The maximum atomic E-state index is 11.5. The van der Waals surface area contributed by atoms with Crippen LogP contribution in [-0.2, 0) is 16.0 Å². The Kier molecular flexibility index (Phi) is 7.68. The van der Waals surface area contributed by atoms with E-state index in [1.807, 2.05) is 6.92 Å². The lowest BCUT2D eigenvalue weighted by atomic mass is 10.2. The second-order valence-corrected chi connectivity index (χ2v) is 6.22. The quantitative estimate of drug-likeness (QED) is 0.394. The van der Waals surface area contributed by atoms with Gasteiger partial charge in [0.25, 0.3) is 0 Å². The summed E-state index contributed by atoms with van der Waals surface area (Å²) >= 11 is 7.58. The van der Waals surface area contributed by atoms with Crippen molar-refractivity contribution >= 4 is 40.3 Å². The number of benzene rings is 1. The number of carbonyl (C=O) groups is 1. The first kappa shape index (κ1) is 20.0. The van der Waals surface area contributed by atoms with Gasteiger partial charge in [-0.2, -0.15) is 5.10 Å². The Balaban J connectivity index is 2.03. The van der Waals surface area contributed by atoms with E-state index in [9.17, 15) is 4.79 Å². The molecule has 0 bridgehead atoms. The van der Waals surface area contributed by atoms with E-state index in [-0.39, 0.29) is 12.4 Å². The summed E-state index contributed by atoms with van der Waals surface area (Å²) in [5.41, 5.74) is 4.12. The molecule has 2 aromatic rings. The third kappa shape index (κ3) is 5.60. The van der Waals surface area contributed by atoms with Crippen LogP contribution in [0.15, 0.2) is 22.6 Å². The first-order valence-corrected chi connectivity index (χ1v) is 9.22. The topological polar surface area (TPSA) is 82.0 Å². The molecule has 0 aliphatic rings. The van der Waals surface area contributed by atoms with Gasteiger partial charge in [0, 0.05) is 17.0 Å². The summed E-state index contributed by atoms with van der Waals surface area (Å²) in [5, 5.41) is 6.96. The van der Waals surface area contributed by atoms with E-state index in [1.54, 1.807) is 37.8 Å². The minimum atomic E-state index is -0.304. The molecule has 2 rings (SSSR count). The van der Waals surface area contributed by atoms with Crippen LogP contribution < -0.4 is 14.9 Å². The molecule has 1 N–H and O–H groups in total. The van der Waals surface area contributed by atoms with Crippen LogP contribution in [0.3, 0.4) is 0 Å². The first-order valence-electron chi connectivity index (χ1n) is 7.96. The summed E-state index contributed by atoms with van der Waals surface area (Å²) in [6.07, 6.45) is 1.70. The van der Waals surface area contributed by atoms with Gasteiger partial charge in [-0.05, 0) is 19.9 Å². The highest BCUT2D eigenvalue weighted by Gasteiger charge is 2.10. The molecule has 1 aromatic heterocycles. The number of esters is 1. The van der Waals surface area contributed by atoms with E-state index < -0.39 is 0 Å². The molecule has 0 radical (unpaired) electrons. The molecular weight excluding hydrogens is 378 g/mol. The number of rotatable bonds is 9. The Labute approximate surface area is 160 Å². The van der Waals surface area contributed by atoms with Gasteiger partial charge in [0.15, 0.2) is 11.5 Å². The SMILES string of the molecule is CCOC(=O)Cc1csc(NN=Cc2cc(OCC)c(OC)cc2Cl)n1. The van der Waals surface area contributed by atoms with Crippen LogP contribution in [0.1, 0.15) is 25.1 Å². The molecule has 1 aromatic carbocycles. The molecule has 1 heterocycles. The molecule has 0 saturated heterocycles. The smallest absolute Gasteiger partial charge is 0.311 e. The molecule has 0 fully saturated rings. The third-order valence-electron chi connectivity index (χ3n) is 3.13. The molecule has 0 amide bonds. The van der Waals surface area contributed by atoms with Gasteiger partial charge < -0.3 is 14.2 Å². The number of ether oxygens (including phenoxy) is 3. The van der Waals surface area contributed by atoms with Crippen LogP contribution in [0.2, 0.25) is 5.02 Å². The predicted octanol–water partition coefficient (Wildman–Crippen LogP) is 3.76. The maximum absolute atomic E-state index is 11.5. The standard InChI is InChI=1S/C17H20ClN3O4S/c1-4-24-15-6-11(13(18)8-14(15)23-3)9-19-21-17-20-12(10-26-17)7-16(22)25-5-2/h6,8-10H,4-5,7H2,1-3H3,(H,20,21). The molecule has 7 nitrogen and oxygen atoms in total. The zero-order chi connectivity index (χ0) is 18.9. The molecule has 140 valence electrons. The zero-order valence-corrected chi connectivity index (χ0v) is 16.3. The Morgan fingerprint density at radius 3 is 2.85 bits per heavy atom. The fourth-order valence-corrected chi connectivity index (χ4v) is 2.90. The number of hydrogen-bond acceptors (Lipinski definition) is 8. The molecule has 0 saturated carbocycles. The van der Waals surface area contributed by atoms with Gasteiger partial charge >= 0.3 is 5.97 Å². The van der Waals surface area contributed by atoms with Crippen LogP contribution in [0, 0.1) is 0 Å². The number of methoxy groups -OCH3 is 1. The summed E-state index contributed by atoms with van der Waals surface area (Å²) in [6, 6.07) is 3.43. The molecule has 0 atom stereocenters. The van der Waals surface area contributed by atoms with Crippen molar-refractivity contribution in [2.24, 2.45) is 5.10 Å². The zero-order valence-electron chi connectivity index (χ0n) is 14.7. The second-order valence-electron chi connectivity index (χ2n) is 4.95. The van der Waals surface area contributed by atoms with Gasteiger partial charge in [-0.25, -0.2) is 4.98 Å². The van der Waals surface area contributed by atoms with E-state index in [2.05, 4.69) is 15.5 Å². The number of aromatic nitrogens is 1. The molecule has 0 spiro atoms. The summed E-state index contributed by atoms with van der Waals surface area (Å²) in [4.78, 5) is 15.7. The van der Waals surface area contributed by atoms with Crippen molar-refractivity contribution in [3.05, 3.63) is 33.8 Å². The summed E-state index contributed by atoms with van der Waals surface area (Å²) < 4.78 is 15.7. The van der Waals surface area contributed by atoms with Crippen molar-refractivity contribution in [3.63, 3.8) is 0 Å². The highest BCUT2D eigenvalue weighted by Crippen LogP contribution is 2.32. The average molecular weight is 398 g/mol. The van der Waals surface area contributed by atoms with Crippen molar-refractivity contribution in [2.75, 3.05) is 25.7 Å². The number of anilines is 1. The normalized spacial score (nSPS) is 10.8. The Bertz CT molecular complexity index is 779. The van der Waals surface area contributed by atoms with Crippen molar-refractivity contribution in [3.8, 4) is 11.5 Å². The van der Waals surface area contributed by atoms with Gasteiger partial charge in [0.05, 0.1) is 43.7 Å². The van der Waals surface area contributed by atoms with Crippen LogP contribution >= 0.6 is 22.9 Å². The Morgan fingerprint density at radius 2 is 2.15 bits per heavy atom. The third-order valence-corrected chi connectivity index (χ3v) is 4.25. The average Bonchev–Trinajstić information content (AvgIpc) is 3.04. The van der Waals surface area contributed by atoms with Crippen molar-refractivity contribution in [1.29, 1.82) is 0 Å². The first-order chi connectivity index (χ1) is 12.6. The fraction of sp³-hybridized carbons (Fsp3) is 0.353. The summed E-state index contributed by atoms with van der Waals surface area (Å²) in [6.45, 7) is 4.52. The van der Waals surface area contributed by atoms with E-state index >= 15 is 0 Å². The predicted molar refractivity (Wildman–Crippen MR) is 103 cm³/mol. The number of hydrogen-bond donors (Lipinski definition) is 1. The minimum Gasteiger partial charge on any atom is -0.493 e. The molecule has 0 aliphatic carbocycles. The Morgan fingerprint density at radius 1 is 1.35 bits per heavy atom. The number of carbonyl (C=O) groups excluding carboxylic acids is 1. The number of nitrogens with zero attached hydrogens (tertiary/aromatic N) is 2. The summed E-state index contributed by atoms with van der Waals surface area (Å²) in [5.74, 6) is 0.846. The lowest BCUT2D eigenvalue weighted by Crippen LogP contribution is -2.07.